The molecule has 0 spiro atoms. The molecule has 1 fully saturated rings. The predicted molar refractivity (Wildman–Crippen MR) is 116 cm³/mol. The molecule has 0 aliphatic carbocycles. The molecular formula is C22H25N3O5S. The largest absolute Gasteiger partial charge is 0.479 e. The highest BCUT2D eigenvalue weighted by atomic mass is 32.2. The number of nitrogens with one attached hydrogen (secondary N) is 2. The molecule has 2 heterocycles. The van der Waals surface area contributed by atoms with Crippen molar-refractivity contribution in [1.82, 2.24) is 4.31 Å². The van der Waals surface area contributed by atoms with Gasteiger partial charge >= 0.3 is 0 Å². The van der Waals surface area contributed by atoms with Crippen molar-refractivity contribution in [1.29, 1.82) is 0 Å². The lowest BCUT2D eigenvalue weighted by atomic mass is 9.98. The maximum atomic E-state index is 13.2. The number of amides is 2. The molecule has 2 atom stereocenters. The first-order valence-electron chi connectivity index (χ1n) is 10.2. The van der Waals surface area contributed by atoms with Crippen molar-refractivity contribution in [2.45, 2.75) is 37.7 Å². The summed E-state index contributed by atoms with van der Waals surface area (Å²) in [6.45, 7) is 3.98. The summed E-state index contributed by atoms with van der Waals surface area (Å²) in [6, 6.07) is 11.9. The van der Waals surface area contributed by atoms with Crippen LogP contribution in [0.5, 0.6) is 5.75 Å². The molecule has 2 amide bonds. The van der Waals surface area contributed by atoms with Crippen LogP contribution in [-0.2, 0) is 19.6 Å². The second-order valence-electron chi connectivity index (χ2n) is 7.91. The van der Waals surface area contributed by atoms with Gasteiger partial charge in [-0.15, -0.1) is 0 Å². The van der Waals surface area contributed by atoms with Gasteiger partial charge in [0.25, 0.3) is 5.91 Å². The van der Waals surface area contributed by atoms with Gasteiger partial charge in [0.2, 0.25) is 15.9 Å². The average molecular weight is 444 g/mol. The third kappa shape index (κ3) is 4.28. The summed E-state index contributed by atoms with van der Waals surface area (Å²) in [5.41, 5.74) is 2.01. The number of sulfonamides is 1. The van der Waals surface area contributed by atoms with Crippen LogP contribution >= 0.6 is 0 Å². The number of hydrogen-bond donors (Lipinski definition) is 2. The number of para-hydroxylation sites is 1. The van der Waals surface area contributed by atoms with E-state index < -0.39 is 22.0 Å². The Balaban J connectivity index is 1.51. The van der Waals surface area contributed by atoms with E-state index in [2.05, 4.69) is 10.6 Å². The first-order valence-corrected chi connectivity index (χ1v) is 11.7. The smallest absolute Gasteiger partial charge is 0.265 e. The molecule has 2 aliphatic rings. The van der Waals surface area contributed by atoms with E-state index in [1.54, 1.807) is 13.0 Å². The fraction of sp³-hybridized carbons (Fsp3) is 0.364. The zero-order chi connectivity index (χ0) is 22.2. The van der Waals surface area contributed by atoms with Gasteiger partial charge in [0, 0.05) is 18.8 Å². The normalized spacial score (nSPS) is 21.5. The maximum Gasteiger partial charge on any atom is 0.265 e. The number of benzene rings is 2. The maximum absolute atomic E-state index is 13.2. The lowest BCUT2D eigenvalue weighted by molar-refractivity contribution is -0.123. The first kappa shape index (κ1) is 21.3. The molecule has 4 rings (SSSR count). The number of fused-ring (bicyclic) bond motifs is 1. The van der Waals surface area contributed by atoms with E-state index in [-0.39, 0.29) is 23.3 Å². The predicted octanol–water partition coefficient (Wildman–Crippen LogP) is 2.75. The summed E-state index contributed by atoms with van der Waals surface area (Å²) in [5, 5.41) is 5.59. The van der Waals surface area contributed by atoms with Gasteiger partial charge in [0.1, 0.15) is 5.75 Å². The molecule has 0 saturated carbocycles. The molecule has 8 nitrogen and oxygen atoms in total. The van der Waals surface area contributed by atoms with E-state index in [0.717, 1.165) is 11.3 Å². The number of carbonyl (C=O) groups excluding carboxylic acids is 2. The van der Waals surface area contributed by atoms with Crippen LogP contribution in [0.4, 0.5) is 11.4 Å². The van der Waals surface area contributed by atoms with Crippen LogP contribution in [0.15, 0.2) is 47.4 Å². The van der Waals surface area contributed by atoms with Crippen LogP contribution < -0.4 is 15.4 Å². The number of nitrogens with zero attached hydrogens (tertiary/aromatic N) is 1. The van der Waals surface area contributed by atoms with Gasteiger partial charge in [-0.2, -0.15) is 4.31 Å². The van der Waals surface area contributed by atoms with Crippen molar-refractivity contribution in [3.8, 4) is 5.75 Å². The van der Waals surface area contributed by atoms with Gasteiger partial charge in [-0.3, -0.25) is 9.59 Å². The van der Waals surface area contributed by atoms with Gasteiger partial charge in [0.05, 0.1) is 16.5 Å². The summed E-state index contributed by atoms with van der Waals surface area (Å²) in [4.78, 5) is 24.7. The van der Waals surface area contributed by atoms with Crippen LogP contribution in [-0.4, -0.2) is 43.7 Å². The molecule has 0 radical (unpaired) electrons. The highest BCUT2D eigenvalue weighted by molar-refractivity contribution is 7.89. The van der Waals surface area contributed by atoms with Crippen molar-refractivity contribution < 1.29 is 22.7 Å². The van der Waals surface area contributed by atoms with E-state index in [1.165, 1.54) is 16.4 Å². The Hall–Kier alpha value is -2.91. The molecule has 2 unspecified atom stereocenters. The summed E-state index contributed by atoms with van der Waals surface area (Å²) in [6.07, 6.45) is 0.577. The summed E-state index contributed by atoms with van der Waals surface area (Å²) < 4.78 is 33.3. The Morgan fingerprint density at radius 1 is 1.23 bits per heavy atom. The summed E-state index contributed by atoms with van der Waals surface area (Å²) in [5.74, 6) is -0.521. The standard InChI is InChI=1S/C22H25N3O5S/c1-14-6-3-4-8-18(14)23-22(27)16-7-5-11-25(13-16)31(28,29)17-9-10-20-19(12-17)24-21(26)15(2)30-20/h3-4,6,8-10,12,15-16H,5,7,11,13H2,1-2H3,(H,23,27)(H,24,26). The van der Waals surface area contributed by atoms with Crippen molar-refractivity contribution in [2.75, 3.05) is 23.7 Å². The average Bonchev–Trinajstić information content (AvgIpc) is 2.76. The highest BCUT2D eigenvalue weighted by Gasteiger charge is 2.34. The molecule has 164 valence electrons. The third-order valence-electron chi connectivity index (χ3n) is 5.68. The number of ether oxygens (including phenoxy) is 1. The Labute approximate surface area is 181 Å². The van der Waals surface area contributed by atoms with Crippen LogP contribution in [0.2, 0.25) is 0 Å². The molecule has 2 aliphatic heterocycles. The SMILES string of the molecule is Cc1ccccc1NC(=O)C1CCCN(S(=O)(=O)c2ccc3c(c2)NC(=O)C(C)O3)C1. The lowest BCUT2D eigenvalue weighted by Crippen LogP contribution is -2.43. The van der Waals surface area contributed by atoms with Crippen molar-refractivity contribution >= 4 is 33.2 Å². The Kier molecular flexibility index (Phi) is 5.72. The molecule has 0 aromatic heterocycles. The number of hydrogen-bond acceptors (Lipinski definition) is 5. The van der Waals surface area contributed by atoms with E-state index in [1.807, 2.05) is 31.2 Å². The number of piperidine rings is 1. The minimum absolute atomic E-state index is 0.0599. The summed E-state index contributed by atoms with van der Waals surface area (Å²) in [7, 11) is -3.83. The van der Waals surface area contributed by atoms with Crippen molar-refractivity contribution in [3.05, 3.63) is 48.0 Å². The van der Waals surface area contributed by atoms with Gasteiger partial charge in [-0.25, -0.2) is 8.42 Å². The van der Waals surface area contributed by atoms with Crippen molar-refractivity contribution in [3.63, 3.8) is 0 Å². The fourth-order valence-electron chi connectivity index (χ4n) is 3.82. The quantitative estimate of drug-likeness (QED) is 0.756. The van der Waals surface area contributed by atoms with Gasteiger partial charge < -0.3 is 15.4 Å². The Bertz CT molecular complexity index is 1130. The second-order valence-corrected chi connectivity index (χ2v) is 9.85. The number of carbonyl (C=O) groups is 2. The Morgan fingerprint density at radius 2 is 2.00 bits per heavy atom. The molecule has 0 bridgehead atoms. The van der Waals surface area contributed by atoms with Gasteiger partial charge in [0.15, 0.2) is 6.10 Å². The van der Waals surface area contributed by atoms with E-state index in [0.29, 0.717) is 30.8 Å². The van der Waals surface area contributed by atoms with Crippen LogP contribution in [0.1, 0.15) is 25.3 Å². The molecule has 9 heteroatoms. The van der Waals surface area contributed by atoms with Gasteiger partial charge in [-0.1, -0.05) is 18.2 Å². The highest BCUT2D eigenvalue weighted by Crippen LogP contribution is 2.33. The zero-order valence-corrected chi connectivity index (χ0v) is 18.2. The number of anilines is 2. The van der Waals surface area contributed by atoms with E-state index in [4.69, 9.17) is 4.74 Å². The van der Waals surface area contributed by atoms with E-state index >= 15 is 0 Å². The minimum Gasteiger partial charge on any atom is -0.479 e. The minimum atomic E-state index is -3.83. The van der Waals surface area contributed by atoms with Crippen molar-refractivity contribution in [2.24, 2.45) is 5.92 Å². The lowest BCUT2D eigenvalue weighted by Gasteiger charge is -2.31. The van der Waals surface area contributed by atoms with Crippen LogP contribution in [0.25, 0.3) is 0 Å². The third-order valence-corrected chi connectivity index (χ3v) is 7.54. The van der Waals surface area contributed by atoms with Crippen LogP contribution in [0.3, 0.4) is 0 Å². The molecule has 1 saturated heterocycles. The van der Waals surface area contributed by atoms with Crippen LogP contribution in [0, 0.1) is 12.8 Å². The topological polar surface area (TPSA) is 105 Å². The molecule has 2 aromatic rings. The fourth-order valence-corrected chi connectivity index (χ4v) is 5.37. The number of aryl methyl sites for hydroxylation is 1. The monoisotopic (exact) mass is 443 g/mol. The van der Waals surface area contributed by atoms with E-state index in [9.17, 15) is 18.0 Å². The molecule has 2 aromatic carbocycles. The second kappa shape index (κ2) is 8.32. The zero-order valence-electron chi connectivity index (χ0n) is 17.4. The van der Waals surface area contributed by atoms with Gasteiger partial charge in [-0.05, 0) is 56.5 Å². The first-order chi connectivity index (χ1) is 14.8. The Morgan fingerprint density at radius 3 is 2.77 bits per heavy atom. The summed E-state index contributed by atoms with van der Waals surface area (Å²) >= 11 is 0. The number of rotatable bonds is 4. The molecular weight excluding hydrogens is 418 g/mol. The molecule has 31 heavy (non-hydrogen) atoms. The molecule has 2 N–H and O–H groups in total.